The second kappa shape index (κ2) is 5.58. The van der Waals surface area contributed by atoms with Crippen molar-refractivity contribution in [3.8, 4) is 0 Å². The van der Waals surface area contributed by atoms with Gasteiger partial charge in [-0.1, -0.05) is 11.6 Å². The van der Waals surface area contributed by atoms with E-state index in [0.717, 1.165) is 16.3 Å². The van der Waals surface area contributed by atoms with Crippen molar-refractivity contribution in [2.24, 2.45) is 0 Å². The van der Waals surface area contributed by atoms with Gasteiger partial charge in [-0.3, -0.25) is 0 Å². The van der Waals surface area contributed by atoms with Gasteiger partial charge in [0.1, 0.15) is 10.8 Å². The van der Waals surface area contributed by atoms with E-state index in [-0.39, 0.29) is 5.82 Å². The van der Waals surface area contributed by atoms with Crippen LogP contribution < -0.4 is 5.32 Å². The van der Waals surface area contributed by atoms with Gasteiger partial charge in [0.05, 0.1) is 0 Å². The summed E-state index contributed by atoms with van der Waals surface area (Å²) in [5, 5.41) is 6.80. The lowest BCUT2D eigenvalue weighted by molar-refractivity contribution is 0.620. The summed E-state index contributed by atoms with van der Waals surface area (Å²) < 4.78 is 13.0. The largest absolute Gasteiger partial charge is 0.306 e. The smallest absolute Gasteiger partial charge is 0.123 e. The third-order valence-electron chi connectivity index (χ3n) is 2.27. The van der Waals surface area contributed by atoms with Gasteiger partial charge >= 0.3 is 0 Å². The SMILES string of the molecule is Cc1csc(CNCc2cc(F)ccc2Cl)n1. The molecule has 90 valence electrons. The number of thiazole rings is 1. The van der Waals surface area contributed by atoms with Crippen LogP contribution in [0.15, 0.2) is 23.6 Å². The van der Waals surface area contributed by atoms with E-state index in [1.807, 2.05) is 12.3 Å². The van der Waals surface area contributed by atoms with Crippen LogP contribution in [-0.2, 0) is 13.1 Å². The van der Waals surface area contributed by atoms with Gasteiger partial charge < -0.3 is 5.32 Å². The third kappa shape index (κ3) is 3.49. The molecule has 0 amide bonds. The zero-order chi connectivity index (χ0) is 12.3. The summed E-state index contributed by atoms with van der Waals surface area (Å²) in [7, 11) is 0. The molecule has 17 heavy (non-hydrogen) atoms. The average Bonchev–Trinajstić information content (AvgIpc) is 2.69. The van der Waals surface area contributed by atoms with Gasteiger partial charge in [-0.15, -0.1) is 11.3 Å². The molecule has 0 atom stereocenters. The molecule has 0 saturated carbocycles. The van der Waals surface area contributed by atoms with E-state index in [9.17, 15) is 4.39 Å². The first-order valence-corrected chi connectivity index (χ1v) is 6.46. The highest BCUT2D eigenvalue weighted by Gasteiger charge is 2.03. The minimum atomic E-state index is -0.267. The Kier molecular flexibility index (Phi) is 4.10. The number of hydrogen-bond donors (Lipinski definition) is 1. The Hall–Kier alpha value is -0.970. The van der Waals surface area contributed by atoms with Gasteiger partial charge in [-0.05, 0) is 30.7 Å². The van der Waals surface area contributed by atoms with Crippen LogP contribution in [0.1, 0.15) is 16.3 Å². The molecule has 0 bridgehead atoms. The van der Waals surface area contributed by atoms with E-state index >= 15 is 0 Å². The molecule has 0 spiro atoms. The normalized spacial score (nSPS) is 10.8. The maximum absolute atomic E-state index is 13.0. The fourth-order valence-corrected chi connectivity index (χ4v) is 2.39. The first-order valence-electron chi connectivity index (χ1n) is 5.21. The number of hydrogen-bond acceptors (Lipinski definition) is 3. The minimum absolute atomic E-state index is 0.267. The number of rotatable bonds is 4. The Labute approximate surface area is 108 Å². The molecule has 0 aliphatic carbocycles. The van der Waals surface area contributed by atoms with Crippen molar-refractivity contribution in [3.05, 3.63) is 50.7 Å². The zero-order valence-electron chi connectivity index (χ0n) is 9.34. The minimum Gasteiger partial charge on any atom is -0.306 e. The number of benzene rings is 1. The topological polar surface area (TPSA) is 24.9 Å². The van der Waals surface area contributed by atoms with E-state index in [1.54, 1.807) is 17.4 Å². The Bertz CT molecular complexity index is 513. The summed E-state index contributed by atoms with van der Waals surface area (Å²) >= 11 is 7.57. The molecule has 2 rings (SSSR count). The summed E-state index contributed by atoms with van der Waals surface area (Å²) in [5.41, 5.74) is 1.79. The van der Waals surface area contributed by atoms with Crippen LogP contribution in [0.2, 0.25) is 5.02 Å². The summed E-state index contributed by atoms with van der Waals surface area (Å²) in [6, 6.07) is 4.37. The average molecular weight is 271 g/mol. The van der Waals surface area contributed by atoms with Crippen molar-refractivity contribution in [1.82, 2.24) is 10.3 Å². The van der Waals surface area contributed by atoms with E-state index in [1.165, 1.54) is 12.1 Å². The van der Waals surface area contributed by atoms with E-state index in [4.69, 9.17) is 11.6 Å². The summed E-state index contributed by atoms with van der Waals surface area (Å²) in [6.07, 6.45) is 0. The molecule has 2 aromatic rings. The van der Waals surface area contributed by atoms with Crippen molar-refractivity contribution in [2.45, 2.75) is 20.0 Å². The third-order valence-corrected chi connectivity index (χ3v) is 3.60. The van der Waals surface area contributed by atoms with Gasteiger partial charge in [0.2, 0.25) is 0 Å². The molecule has 1 heterocycles. The Morgan fingerprint density at radius 1 is 1.41 bits per heavy atom. The molecule has 0 unspecified atom stereocenters. The fraction of sp³-hybridized carbons (Fsp3) is 0.250. The van der Waals surface area contributed by atoms with E-state index in [0.29, 0.717) is 18.1 Å². The highest BCUT2D eigenvalue weighted by Crippen LogP contribution is 2.17. The standard InChI is InChI=1S/C12H12ClFN2S/c1-8-7-17-12(16-8)6-15-5-9-4-10(14)2-3-11(9)13/h2-4,7,15H,5-6H2,1H3. The summed E-state index contributed by atoms with van der Waals surface area (Å²) in [5.74, 6) is -0.267. The van der Waals surface area contributed by atoms with Gasteiger partial charge in [0.15, 0.2) is 0 Å². The molecule has 1 N–H and O–H groups in total. The molecule has 1 aromatic heterocycles. The molecule has 2 nitrogen and oxygen atoms in total. The van der Waals surface area contributed by atoms with E-state index in [2.05, 4.69) is 10.3 Å². The highest BCUT2D eigenvalue weighted by molar-refractivity contribution is 7.09. The molecule has 0 aliphatic heterocycles. The molecule has 0 saturated heterocycles. The fourth-order valence-electron chi connectivity index (χ4n) is 1.47. The monoisotopic (exact) mass is 270 g/mol. The first kappa shape index (κ1) is 12.5. The number of nitrogens with one attached hydrogen (secondary N) is 1. The lowest BCUT2D eigenvalue weighted by atomic mass is 10.2. The molecular weight excluding hydrogens is 259 g/mol. The van der Waals surface area contributed by atoms with Crippen LogP contribution in [-0.4, -0.2) is 4.98 Å². The van der Waals surface area contributed by atoms with Crippen LogP contribution in [0, 0.1) is 12.7 Å². The number of halogens is 2. The van der Waals surface area contributed by atoms with Crippen molar-refractivity contribution in [3.63, 3.8) is 0 Å². The molecule has 0 radical (unpaired) electrons. The summed E-state index contributed by atoms with van der Waals surface area (Å²) in [4.78, 5) is 4.33. The second-order valence-electron chi connectivity index (χ2n) is 3.72. The molecule has 1 aromatic carbocycles. The second-order valence-corrected chi connectivity index (χ2v) is 5.07. The van der Waals surface area contributed by atoms with Crippen molar-refractivity contribution >= 4 is 22.9 Å². The van der Waals surface area contributed by atoms with Gasteiger partial charge in [-0.2, -0.15) is 0 Å². The molecule has 0 fully saturated rings. The Balaban J connectivity index is 1.91. The van der Waals surface area contributed by atoms with Crippen molar-refractivity contribution < 1.29 is 4.39 Å². The first-order chi connectivity index (χ1) is 8.15. The van der Waals surface area contributed by atoms with Crippen molar-refractivity contribution in [2.75, 3.05) is 0 Å². The summed E-state index contributed by atoms with van der Waals surface area (Å²) in [6.45, 7) is 3.17. The highest BCUT2D eigenvalue weighted by atomic mass is 35.5. The van der Waals surface area contributed by atoms with Crippen LogP contribution in [0.3, 0.4) is 0 Å². The van der Waals surface area contributed by atoms with Crippen LogP contribution >= 0.6 is 22.9 Å². The Morgan fingerprint density at radius 3 is 2.94 bits per heavy atom. The van der Waals surface area contributed by atoms with E-state index < -0.39 is 0 Å². The lowest BCUT2D eigenvalue weighted by Gasteiger charge is -2.05. The molecular formula is C12H12ClFN2S. The van der Waals surface area contributed by atoms with Gasteiger partial charge in [0.25, 0.3) is 0 Å². The van der Waals surface area contributed by atoms with Crippen LogP contribution in [0.4, 0.5) is 4.39 Å². The molecule has 0 aliphatic rings. The predicted octanol–water partition coefficient (Wildman–Crippen LogP) is 3.53. The maximum atomic E-state index is 13.0. The van der Waals surface area contributed by atoms with Gasteiger partial charge in [0, 0.05) is 29.2 Å². The van der Waals surface area contributed by atoms with Gasteiger partial charge in [-0.25, -0.2) is 9.37 Å². The lowest BCUT2D eigenvalue weighted by Crippen LogP contribution is -2.13. The van der Waals surface area contributed by atoms with Crippen molar-refractivity contribution in [1.29, 1.82) is 0 Å². The number of aromatic nitrogens is 1. The predicted molar refractivity (Wildman–Crippen MR) is 68.8 cm³/mol. The van der Waals surface area contributed by atoms with Crippen LogP contribution in [0.25, 0.3) is 0 Å². The number of aryl methyl sites for hydroxylation is 1. The van der Waals surface area contributed by atoms with Crippen LogP contribution in [0.5, 0.6) is 0 Å². The maximum Gasteiger partial charge on any atom is 0.123 e. The quantitative estimate of drug-likeness (QED) is 0.919. The molecule has 5 heteroatoms. The zero-order valence-corrected chi connectivity index (χ0v) is 10.9. The Morgan fingerprint density at radius 2 is 2.24 bits per heavy atom. The number of nitrogens with zero attached hydrogens (tertiary/aromatic N) is 1.